The van der Waals surface area contributed by atoms with Gasteiger partial charge in [-0.3, -0.25) is 14.5 Å². The minimum atomic E-state index is -0.924. The summed E-state index contributed by atoms with van der Waals surface area (Å²) in [6.07, 6.45) is 0. The SMILES string of the molecule is CCOc1ccc2nc(N3C(=O)C(=O)C(=C(O)c4ccc5c(c4)OCCO5)[C@@H]3c3ccc(Cl)cc3)sc2c1. The zero-order valence-electron chi connectivity index (χ0n) is 20.1. The molecule has 2 aliphatic rings. The third-order valence-electron chi connectivity index (χ3n) is 6.31. The maximum Gasteiger partial charge on any atom is 0.301 e. The molecule has 10 heteroatoms. The fraction of sp³-hybridized carbons (Fsp3) is 0.179. The molecule has 1 saturated heterocycles. The minimum absolute atomic E-state index is 0.0525. The predicted octanol–water partition coefficient (Wildman–Crippen LogP) is 5.75. The molecule has 4 aromatic rings. The summed E-state index contributed by atoms with van der Waals surface area (Å²) in [5, 5.41) is 12.3. The summed E-state index contributed by atoms with van der Waals surface area (Å²) in [5.41, 5.74) is 1.54. The summed E-state index contributed by atoms with van der Waals surface area (Å²) in [6, 6.07) is 16.2. The molecule has 1 amide bonds. The van der Waals surface area contributed by atoms with Gasteiger partial charge in [0.15, 0.2) is 16.6 Å². The number of hydrogen-bond donors (Lipinski definition) is 1. The van der Waals surface area contributed by atoms with Gasteiger partial charge >= 0.3 is 5.91 Å². The van der Waals surface area contributed by atoms with E-state index in [0.717, 1.165) is 4.70 Å². The van der Waals surface area contributed by atoms with Crippen molar-refractivity contribution >= 4 is 55.7 Å². The average Bonchev–Trinajstić information content (AvgIpc) is 3.46. The molecule has 0 aliphatic carbocycles. The van der Waals surface area contributed by atoms with Crippen LogP contribution in [0.5, 0.6) is 17.2 Å². The highest BCUT2D eigenvalue weighted by Gasteiger charge is 2.48. The Balaban J connectivity index is 1.51. The number of Topliss-reactive ketones (excluding diaryl/α,β-unsaturated/α-hetero) is 1. The van der Waals surface area contributed by atoms with E-state index < -0.39 is 17.7 Å². The summed E-state index contributed by atoms with van der Waals surface area (Å²) in [6.45, 7) is 3.21. The molecule has 6 rings (SSSR count). The lowest BCUT2D eigenvalue weighted by atomic mass is 9.95. The Bertz CT molecular complexity index is 1610. The number of thiazole rings is 1. The summed E-state index contributed by atoms with van der Waals surface area (Å²) in [7, 11) is 0. The number of benzene rings is 3. The van der Waals surface area contributed by atoms with Crippen molar-refractivity contribution in [2.75, 3.05) is 24.7 Å². The second kappa shape index (κ2) is 9.66. The van der Waals surface area contributed by atoms with Gasteiger partial charge in [-0.15, -0.1) is 0 Å². The van der Waals surface area contributed by atoms with E-state index in [9.17, 15) is 14.7 Å². The summed E-state index contributed by atoms with van der Waals surface area (Å²) < 4.78 is 17.6. The molecule has 192 valence electrons. The van der Waals surface area contributed by atoms with Gasteiger partial charge in [0.05, 0.1) is 28.4 Å². The Kier molecular flexibility index (Phi) is 6.17. The van der Waals surface area contributed by atoms with Gasteiger partial charge in [0.25, 0.3) is 5.78 Å². The van der Waals surface area contributed by atoms with E-state index >= 15 is 0 Å². The molecule has 1 atom stereocenters. The average molecular weight is 549 g/mol. The zero-order valence-corrected chi connectivity index (χ0v) is 21.7. The first kappa shape index (κ1) is 24.3. The van der Waals surface area contributed by atoms with Gasteiger partial charge in [-0.25, -0.2) is 4.98 Å². The van der Waals surface area contributed by atoms with E-state index in [1.165, 1.54) is 16.2 Å². The van der Waals surface area contributed by atoms with Crippen molar-refractivity contribution in [1.29, 1.82) is 0 Å². The number of amides is 1. The van der Waals surface area contributed by atoms with E-state index in [-0.39, 0.29) is 11.3 Å². The van der Waals surface area contributed by atoms with Crippen LogP contribution in [-0.2, 0) is 9.59 Å². The topological polar surface area (TPSA) is 98.2 Å². The molecule has 2 aliphatic heterocycles. The molecule has 3 aromatic carbocycles. The van der Waals surface area contributed by atoms with Gasteiger partial charge in [0.2, 0.25) is 0 Å². The Morgan fingerprint density at radius 1 is 1.08 bits per heavy atom. The molecular weight excluding hydrogens is 528 g/mol. The Morgan fingerprint density at radius 3 is 2.61 bits per heavy atom. The summed E-state index contributed by atoms with van der Waals surface area (Å²) in [5.74, 6) is -0.232. The van der Waals surface area contributed by atoms with Gasteiger partial charge in [-0.2, -0.15) is 0 Å². The number of carbonyl (C=O) groups is 2. The van der Waals surface area contributed by atoms with Crippen molar-refractivity contribution in [3.63, 3.8) is 0 Å². The van der Waals surface area contributed by atoms with Crippen molar-refractivity contribution in [1.82, 2.24) is 4.98 Å². The van der Waals surface area contributed by atoms with Crippen molar-refractivity contribution in [3.8, 4) is 17.2 Å². The number of halogens is 1. The highest BCUT2D eigenvalue weighted by atomic mass is 35.5. The number of fused-ring (bicyclic) bond motifs is 2. The van der Waals surface area contributed by atoms with Crippen molar-refractivity contribution in [2.24, 2.45) is 0 Å². The highest BCUT2D eigenvalue weighted by molar-refractivity contribution is 7.22. The third-order valence-corrected chi connectivity index (χ3v) is 7.58. The lowest BCUT2D eigenvalue weighted by Crippen LogP contribution is -2.29. The summed E-state index contributed by atoms with van der Waals surface area (Å²) in [4.78, 5) is 32.9. The smallest absolute Gasteiger partial charge is 0.301 e. The van der Waals surface area contributed by atoms with E-state index in [1.807, 2.05) is 25.1 Å². The van der Waals surface area contributed by atoms with Crippen LogP contribution in [0.4, 0.5) is 5.13 Å². The van der Waals surface area contributed by atoms with Gasteiger partial charge < -0.3 is 19.3 Å². The molecule has 8 nitrogen and oxygen atoms in total. The van der Waals surface area contributed by atoms with Crippen LogP contribution in [0.3, 0.4) is 0 Å². The lowest BCUT2D eigenvalue weighted by Gasteiger charge is -2.23. The van der Waals surface area contributed by atoms with Crippen LogP contribution in [-0.4, -0.2) is 41.6 Å². The maximum atomic E-state index is 13.5. The number of aliphatic hydroxyl groups is 1. The molecule has 1 N–H and O–H groups in total. The van der Waals surface area contributed by atoms with Crippen LogP contribution >= 0.6 is 22.9 Å². The minimum Gasteiger partial charge on any atom is -0.507 e. The molecular formula is C28H21ClN2O6S. The number of ether oxygens (including phenoxy) is 3. The van der Waals surface area contributed by atoms with Crippen LogP contribution in [0.15, 0.2) is 66.2 Å². The van der Waals surface area contributed by atoms with Crippen molar-refractivity contribution < 1.29 is 28.9 Å². The van der Waals surface area contributed by atoms with Crippen molar-refractivity contribution in [2.45, 2.75) is 13.0 Å². The normalized spacial score (nSPS) is 18.3. The van der Waals surface area contributed by atoms with E-state index in [0.29, 0.717) is 63.9 Å². The van der Waals surface area contributed by atoms with E-state index in [4.69, 9.17) is 25.8 Å². The molecule has 0 radical (unpaired) electrons. The van der Waals surface area contributed by atoms with Crippen molar-refractivity contribution in [3.05, 3.63) is 82.4 Å². The van der Waals surface area contributed by atoms with Crippen LogP contribution < -0.4 is 19.1 Å². The highest BCUT2D eigenvalue weighted by Crippen LogP contribution is 2.45. The first-order valence-electron chi connectivity index (χ1n) is 11.9. The van der Waals surface area contributed by atoms with Gasteiger partial charge in [-0.1, -0.05) is 35.1 Å². The first-order valence-corrected chi connectivity index (χ1v) is 13.1. The number of carbonyl (C=O) groups excluding carboxylic acids is 2. The van der Waals surface area contributed by atoms with E-state index in [1.54, 1.807) is 42.5 Å². The molecule has 0 spiro atoms. The quantitative estimate of drug-likeness (QED) is 0.193. The largest absolute Gasteiger partial charge is 0.507 e. The molecule has 0 bridgehead atoms. The van der Waals surface area contributed by atoms with Gasteiger partial charge in [0, 0.05) is 10.6 Å². The zero-order chi connectivity index (χ0) is 26.4. The lowest BCUT2D eigenvalue weighted by molar-refractivity contribution is -0.132. The number of ketones is 1. The fourth-order valence-corrected chi connectivity index (χ4v) is 5.74. The van der Waals surface area contributed by atoms with Gasteiger partial charge in [0.1, 0.15) is 24.7 Å². The molecule has 1 fully saturated rings. The summed E-state index contributed by atoms with van der Waals surface area (Å²) >= 11 is 7.39. The molecule has 0 saturated carbocycles. The van der Waals surface area contributed by atoms with Crippen LogP contribution in [0.2, 0.25) is 5.02 Å². The second-order valence-electron chi connectivity index (χ2n) is 8.64. The monoisotopic (exact) mass is 548 g/mol. The predicted molar refractivity (Wildman–Crippen MR) is 144 cm³/mol. The fourth-order valence-electron chi connectivity index (χ4n) is 4.59. The number of hydrogen-bond acceptors (Lipinski definition) is 8. The van der Waals surface area contributed by atoms with Crippen LogP contribution in [0, 0.1) is 0 Å². The van der Waals surface area contributed by atoms with Crippen LogP contribution in [0.25, 0.3) is 16.0 Å². The maximum absolute atomic E-state index is 13.5. The number of anilines is 1. The Morgan fingerprint density at radius 2 is 1.84 bits per heavy atom. The molecule has 1 aromatic heterocycles. The Hall–Kier alpha value is -4.08. The molecule has 38 heavy (non-hydrogen) atoms. The second-order valence-corrected chi connectivity index (χ2v) is 10.1. The number of aliphatic hydroxyl groups excluding tert-OH is 1. The first-order chi connectivity index (χ1) is 18.4. The molecule has 3 heterocycles. The van der Waals surface area contributed by atoms with Gasteiger partial charge in [-0.05, 0) is 61.0 Å². The Labute approximate surface area is 226 Å². The number of rotatable bonds is 5. The third kappa shape index (κ3) is 4.13. The standard InChI is InChI=1S/C28H21ClN2O6S/c1-2-35-18-8-9-19-22(14-18)38-28(30-19)31-24(15-3-6-17(29)7-4-15)23(26(33)27(31)34)25(32)16-5-10-20-21(13-16)37-12-11-36-20/h3-10,13-14,24,32H,2,11-12H2,1H3/t24-/m0/s1. The number of nitrogens with zero attached hydrogens (tertiary/aromatic N) is 2. The molecule has 0 unspecified atom stereocenters. The van der Waals surface area contributed by atoms with Crippen LogP contribution in [0.1, 0.15) is 24.1 Å². The number of aromatic nitrogens is 1. The van der Waals surface area contributed by atoms with E-state index in [2.05, 4.69) is 4.98 Å².